The lowest BCUT2D eigenvalue weighted by Gasteiger charge is -2.12. The first-order chi connectivity index (χ1) is 9.63. The Morgan fingerprint density at radius 3 is 2.45 bits per heavy atom. The van der Waals surface area contributed by atoms with Crippen LogP contribution in [0.4, 0.5) is 17.1 Å². The third-order valence-corrected chi connectivity index (χ3v) is 3.37. The van der Waals surface area contributed by atoms with Crippen molar-refractivity contribution in [1.82, 2.24) is 4.98 Å². The summed E-state index contributed by atoms with van der Waals surface area (Å²) in [4.78, 5) is 4.30. The van der Waals surface area contributed by atoms with Crippen molar-refractivity contribution in [2.75, 3.05) is 11.1 Å². The summed E-state index contributed by atoms with van der Waals surface area (Å²) in [5.41, 5.74) is 9.04. The average molecular weight is 304 g/mol. The van der Waals surface area contributed by atoms with E-state index in [9.17, 15) is 0 Å². The summed E-state index contributed by atoms with van der Waals surface area (Å²) in [5.74, 6) is 0. The number of para-hydroxylation sites is 1. The minimum Gasteiger partial charge on any atom is -0.396 e. The van der Waals surface area contributed by atoms with Crippen LogP contribution in [0.15, 0.2) is 48.7 Å². The predicted octanol–water partition coefficient (Wildman–Crippen LogP) is 4.87. The van der Waals surface area contributed by atoms with Gasteiger partial charge < -0.3 is 11.1 Å². The summed E-state index contributed by atoms with van der Waals surface area (Å²) in [6.07, 6.45) is 1.64. The van der Waals surface area contributed by atoms with Crippen LogP contribution in [-0.4, -0.2) is 4.98 Å². The van der Waals surface area contributed by atoms with E-state index in [4.69, 9.17) is 28.9 Å². The van der Waals surface area contributed by atoms with Gasteiger partial charge in [0, 0.05) is 21.1 Å². The number of aromatic nitrogens is 1. The molecular formula is C15H11Cl2N3. The molecule has 1 aromatic heterocycles. The number of fused-ring (bicyclic) bond motifs is 1. The Kier molecular flexibility index (Phi) is 3.38. The Balaban J connectivity index is 2.12. The van der Waals surface area contributed by atoms with E-state index in [1.165, 1.54) is 0 Å². The van der Waals surface area contributed by atoms with Gasteiger partial charge in [-0.1, -0.05) is 41.4 Å². The van der Waals surface area contributed by atoms with E-state index < -0.39 is 0 Å². The number of nitrogen functional groups attached to an aromatic ring is 1. The zero-order chi connectivity index (χ0) is 14.1. The van der Waals surface area contributed by atoms with Gasteiger partial charge in [0.1, 0.15) is 0 Å². The highest BCUT2D eigenvalue weighted by Gasteiger charge is 2.07. The van der Waals surface area contributed by atoms with Crippen molar-refractivity contribution in [1.29, 1.82) is 0 Å². The number of nitrogens with one attached hydrogen (secondary N) is 1. The standard InChI is InChI=1S/C15H11Cl2N3/c16-9-5-10(17)7-11(6-9)20-15-12-3-1-2-4-14(12)19-8-13(15)18/h1-8H,18H2,(H,19,20). The first kappa shape index (κ1) is 13.0. The third-order valence-electron chi connectivity index (χ3n) is 2.94. The smallest absolute Gasteiger partial charge is 0.0746 e. The van der Waals surface area contributed by atoms with Crippen LogP contribution in [0.25, 0.3) is 10.9 Å². The molecule has 0 spiro atoms. The molecule has 0 radical (unpaired) electrons. The lowest BCUT2D eigenvalue weighted by atomic mass is 10.1. The zero-order valence-electron chi connectivity index (χ0n) is 10.4. The van der Waals surface area contributed by atoms with Crippen molar-refractivity contribution in [3.8, 4) is 0 Å². The summed E-state index contributed by atoms with van der Waals surface area (Å²) in [6, 6.07) is 13.1. The van der Waals surface area contributed by atoms with Gasteiger partial charge in [-0.25, -0.2) is 0 Å². The average Bonchev–Trinajstić information content (AvgIpc) is 2.41. The van der Waals surface area contributed by atoms with Gasteiger partial charge in [-0.05, 0) is 24.3 Å². The second-order valence-corrected chi connectivity index (χ2v) is 5.26. The molecule has 0 aliphatic heterocycles. The number of benzene rings is 2. The molecule has 0 bridgehead atoms. The molecule has 3 nitrogen and oxygen atoms in total. The number of hydrogen-bond donors (Lipinski definition) is 2. The number of pyridine rings is 1. The fourth-order valence-corrected chi connectivity index (χ4v) is 2.59. The molecule has 3 N–H and O–H groups in total. The van der Waals surface area contributed by atoms with Crippen molar-refractivity contribution in [2.24, 2.45) is 0 Å². The fraction of sp³-hybridized carbons (Fsp3) is 0. The van der Waals surface area contributed by atoms with Crippen LogP contribution >= 0.6 is 23.2 Å². The second-order valence-electron chi connectivity index (χ2n) is 4.39. The van der Waals surface area contributed by atoms with E-state index in [2.05, 4.69) is 10.3 Å². The van der Waals surface area contributed by atoms with Gasteiger partial charge in [0.2, 0.25) is 0 Å². The number of nitrogens with zero attached hydrogens (tertiary/aromatic N) is 1. The van der Waals surface area contributed by atoms with E-state index in [0.29, 0.717) is 15.7 Å². The van der Waals surface area contributed by atoms with Crippen LogP contribution in [0.5, 0.6) is 0 Å². The van der Waals surface area contributed by atoms with Gasteiger partial charge in [-0.3, -0.25) is 4.98 Å². The van der Waals surface area contributed by atoms with Gasteiger partial charge in [-0.2, -0.15) is 0 Å². The Morgan fingerprint density at radius 2 is 1.70 bits per heavy atom. The molecule has 0 atom stereocenters. The quantitative estimate of drug-likeness (QED) is 0.710. The van der Waals surface area contributed by atoms with Crippen LogP contribution in [-0.2, 0) is 0 Å². The maximum Gasteiger partial charge on any atom is 0.0746 e. The van der Waals surface area contributed by atoms with E-state index in [0.717, 1.165) is 22.3 Å². The van der Waals surface area contributed by atoms with E-state index in [-0.39, 0.29) is 0 Å². The minimum absolute atomic E-state index is 0.567. The third kappa shape index (κ3) is 2.50. The molecule has 0 aliphatic rings. The summed E-state index contributed by atoms with van der Waals surface area (Å²) in [7, 11) is 0. The molecule has 20 heavy (non-hydrogen) atoms. The minimum atomic E-state index is 0.567. The van der Waals surface area contributed by atoms with E-state index in [1.54, 1.807) is 24.4 Å². The van der Waals surface area contributed by atoms with Crippen LogP contribution in [0.1, 0.15) is 0 Å². The molecule has 5 heteroatoms. The molecule has 3 rings (SSSR count). The summed E-state index contributed by atoms with van der Waals surface area (Å²) >= 11 is 12.0. The van der Waals surface area contributed by atoms with Crippen molar-refractivity contribution in [3.05, 3.63) is 58.7 Å². The maximum atomic E-state index is 6.02. The first-order valence-corrected chi connectivity index (χ1v) is 6.75. The summed E-state index contributed by atoms with van der Waals surface area (Å²) < 4.78 is 0. The second kappa shape index (κ2) is 5.19. The Labute approximate surface area is 126 Å². The molecule has 3 aromatic rings. The molecule has 1 heterocycles. The van der Waals surface area contributed by atoms with Gasteiger partial charge in [0.25, 0.3) is 0 Å². The SMILES string of the molecule is Nc1cnc2ccccc2c1Nc1cc(Cl)cc(Cl)c1. The Hall–Kier alpha value is -1.97. The Morgan fingerprint density at radius 1 is 1.00 bits per heavy atom. The molecular weight excluding hydrogens is 293 g/mol. The molecule has 0 unspecified atom stereocenters. The molecule has 0 aliphatic carbocycles. The normalized spacial score (nSPS) is 10.7. The highest BCUT2D eigenvalue weighted by Crippen LogP contribution is 2.32. The maximum absolute atomic E-state index is 6.02. The lowest BCUT2D eigenvalue weighted by Crippen LogP contribution is -1.98. The van der Waals surface area contributed by atoms with Crippen molar-refractivity contribution >= 4 is 51.2 Å². The topological polar surface area (TPSA) is 50.9 Å². The summed E-state index contributed by atoms with van der Waals surface area (Å²) in [5, 5.41) is 5.34. The molecule has 2 aromatic carbocycles. The molecule has 100 valence electrons. The first-order valence-electron chi connectivity index (χ1n) is 6.00. The van der Waals surface area contributed by atoms with Crippen molar-refractivity contribution in [3.63, 3.8) is 0 Å². The largest absolute Gasteiger partial charge is 0.396 e. The van der Waals surface area contributed by atoms with Crippen molar-refractivity contribution < 1.29 is 0 Å². The number of hydrogen-bond acceptors (Lipinski definition) is 3. The van der Waals surface area contributed by atoms with E-state index >= 15 is 0 Å². The van der Waals surface area contributed by atoms with Crippen LogP contribution in [0.2, 0.25) is 10.0 Å². The zero-order valence-corrected chi connectivity index (χ0v) is 11.9. The Bertz CT molecular complexity index is 767. The van der Waals surface area contributed by atoms with Gasteiger partial charge >= 0.3 is 0 Å². The molecule has 0 amide bonds. The van der Waals surface area contributed by atoms with Crippen LogP contribution < -0.4 is 11.1 Å². The monoisotopic (exact) mass is 303 g/mol. The summed E-state index contributed by atoms with van der Waals surface area (Å²) in [6.45, 7) is 0. The van der Waals surface area contributed by atoms with Gasteiger partial charge in [-0.15, -0.1) is 0 Å². The van der Waals surface area contributed by atoms with Crippen LogP contribution in [0.3, 0.4) is 0 Å². The predicted molar refractivity (Wildman–Crippen MR) is 85.9 cm³/mol. The molecule has 0 fully saturated rings. The van der Waals surface area contributed by atoms with Crippen molar-refractivity contribution in [2.45, 2.75) is 0 Å². The highest BCUT2D eigenvalue weighted by molar-refractivity contribution is 6.35. The number of rotatable bonds is 2. The molecule has 0 saturated heterocycles. The highest BCUT2D eigenvalue weighted by atomic mass is 35.5. The fourth-order valence-electron chi connectivity index (χ4n) is 2.07. The van der Waals surface area contributed by atoms with Gasteiger partial charge in [0.15, 0.2) is 0 Å². The number of nitrogens with two attached hydrogens (primary N) is 1. The molecule has 0 saturated carbocycles. The number of anilines is 3. The van der Waals surface area contributed by atoms with Crippen LogP contribution in [0, 0.1) is 0 Å². The number of halogens is 2. The van der Waals surface area contributed by atoms with E-state index in [1.807, 2.05) is 24.3 Å². The van der Waals surface area contributed by atoms with Gasteiger partial charge in [0.05, 0.1) is 23.1 Å². The lowest BCUT2D eigenvalue weighted by molar-refractivity contribution is 1.40.